The zero-order valence-corrected chi connectivity index (χ0v) is 15.0. The lowest BCUT2D eigenvalue weighted by atomic mass is 10.0. The smallest absolute Gasteiger partial charge is 0.119 e. The number of fused-ring (bicyclic) bond motifs is 1. The average molecular weight is 329 g/mol. The number of likely N-dealkylation sites (tertiary alicyclic amines) is 1. The molecule has 3 aliphatic heterocycles. The zero-order valence-electron chi connectivity index (χ0n) is 15.0. The van der Waals surface area contributed by atoms with E-state index in [4.69, 9.17) is 4.74 Å². The van der Waals surface area contributed by atoms with Gasteiger partial charge in [-0.2, -0.15) is 0 Å². The summed E-state index contributed by atoms with van der Waals surface area (Å²) in [7, 11) is 0. The van der Waals surface area contributed by atoms with Crippen molar-refractivity contribution >= 4 is 0 Å². The minimum atomic E-state index is 0.651. The van der Waals surface area contributed by atoms with Gasteiger partial charge in [-0.15, -0.1) is 0 Å². The van der Waals surface area contributed by atoms with Crippen LogP contribution in [0, 0.1) is 0 Å². The summed E-state index contributed by atoms with van der Waals surface area (Å²) in [5, 5.41) is 0. The molecule has 1 aromatic carbocycles. The van der Waals surface area contributed by atoms with Crippen LogP contribution >= 0.6 is 0 Å². The van der Waals surface area contributed by atoms with E-state index in [1.807, 2.05) is 0 Å². The van der Waals surface area contributed by atoms with Gasteiger partial charge < -0.3 is 4.74 Å². The number of piperidine rings is 2. The van der Waals surface area contributed by atoms with Crippen LogP contribution in [-0.2, 0) is 0 Å². The highest BCUT2D eigenvalue weighted by molar-refractivity contribution is 5.30. The van der Waals surface area contributed by atoms with Crippen LogP contribution in [0.5, 0.6) is 5.75 Å². The lowest BCUT2D eigenvalue weighted by Gasteiger charge is -2.34. The van der Waals surface area contributed by atoms with E-state index in [2.05, 4.69) is 34.1 Å². The molecular weight excluding hydrogens is 296 g/mol. The summed E-state index contributed by atoms with van der Waals surface area (Å²) in [4.78, 5) is 5.29. The quantitative estimate of drug-likeness (QED) is 0.804. The molecule has 0 bridgehead atoms. The lowest BCUT2D eigenvalue weighted by Crippen LogP contribution is -2.35. The SMILES string of the molecule is c1cc([C@H]2CC[C@H]3CCCCN32)ccc1OCCN1CCCCC1. The number of hydrogen-bond acceptors (Lipinski definition) is 3. The van der Waals surface area contributed by atoms with E-state index in [0.717, 1.165) is 24.9 Å². The summed E-state index contributed by atoms with van der Waals surface area (Å²) in [5.74, 6) is 1.03. The third kappa shape index (κ3) is 3.78. The average Bonchev–Trinajstić information content (AvgIpc) is 3.07. The second-order valence-corrected chi connectivity index (χ2v) is 7.80. The molecule has 4 rings (SSSR count). The van der Waals surface area contributed by atoms with Crippen LogP contribution in [-0.4, -0.2) is 48.6 Å². The third-order valence-electron chi connectivity index (χ3n) is 6.24. The van der Waals surface area contributed by atoms with Gasteiger partial charge in [0.05, 0.1) is 0 Å². The van der Waals surface area contributed by atoms with Crippen LogP contribution in [0.2, 0.25) is 0 Å². The molecule has 3 saturated heterocycles. The van der Waals surface area contributed by atoms with Gasteiger partial charge in [0.2, 0.25) is 0 Å². The van der Waals surface area contributed by atoms with Crippen LogP contribution in [0.15, 0.2) is 24.3 Å². The molecule has 0 saturated carbocycles. The summed E-state index contributed by atoms with van der Waals surface area (Å²) < 4.78 is 5.98. The molecule has 0 unspecified atom stereocenters. The van der Waals surface area contributed by atoms with Crippen molar-refractivity contribution < 1.29 is 4.74 Å². The molecule has 0 radical (unpaired) electrons. The number of rotatable bonds is 5. The normalized spacial score (nSPS) is 28.7. The molecule has 0 amide bonds. The lowest BCUT2D eigenvalue weighted by molar-refractivity contribution is 0.150. The summed E-state index contributed by atoms with van der Waals surface area (Å²) in [6.45, 7) is 5.68. The molecule has 3 heterocycles. The van der Waals surface area contributed by atoms with Gasteiger partial charge in [0.25, 0.3) is 0 Å². The largest absolute Gasteiger partial charge is 0.492 e. The fraction of sp³-hybridized carbons (Fsp3) is 0.714. The van der Waals surface area contributed by atoms with Crippen molar-refractivity contribution in [1.29, 1.82) is 0 Å². The van der Waals surface area contributed by atoms with Crippen molar-refractivity contribution in [3.63, 3.8) is 0 Å². The van der Waals surface area contributed by atoms with Crippen LogP contribution in [0.1, 0.15) is 63.0 Å². The molecule has 132 valence electrons. The van der Waals surface area contributed by atoms with Crippen LogP contribution < -0.4 is 4.74 Å². The Morgan fingerprint density at radius 3 is 2.46 bits per heavy atom. The van der Waals surface area contributed by atoms with E-state index in [9.17, 15) is 0 Å². The van der Waals surface area contributed by atoms with Gasteiger partial charge in [-0.05, 0) is 75.9 Å². The summed E-state index contributed by atoms with van der Waals surface area (Å²) >= 11 is 0. The Balaban J connectivity index is 1.28. The highest BCUT2D eigenvalue weighted by atomic mass is 16.5. The second-order valence-electron chi connectivity index (χ2n) is 7.80. The van der Waals surface area contributed by atoms with Crippen molar-refractivity contribution in [2.75, 3.05) is 32.8 Å². The van der Waals surface area contributed by atoms with E-state index in [1.165, 1.54) is 76.6 Å². The monoisotopic (exact) mass is 328 g/mol. The first-order chi connectivity index (χ1) is 11.9. The van der Waals surface area contributed by atoms with Crippen LogP contribution in [0.3, 0.4) is 0 Å². The van der Waals surface area contributed by atoms with E-state index >= 15 is 0 Å². The van der Waals surface area contributed by atoms with E-state index < -0.39 is 0 Å². The minimum Gasteiger partial charge on any atom is -0.492 e. The Labute approximate surface area is 147 Å². The molecule has 2 atom stereocenters. The van der Waals surface area contributed by atoms with Gasteiger partial charge in [0, 0.05) is 18.6 Å². The van der Waals surface area contributed by atoms with Gasteiger partial charge in [-0.25, -0.2) is 0 Å². The first kappa shape index (κ1) is 16.4. The van der Waals surface area contributed by atoms with Crippen molar-refractivity contribution in [2.24, 2.45) is 0 Å². The highest BCUT2D eigenvalue weighted by Gasteiger charge is 2.35. The molecule has 3 heteroatoms. The summed E-state index contributed by atoms with van der Waals surface area (Å²) in [6, 6.07) is 10.5. The van der Waals surface area contributed by atoms with Gasteiger partial charge in [-0.1, -0.05) is 25.0 Å². The first-order valence-electron chi connectivity index (χ1n) is 10.1. The van der Waals surface area contributed by atoms with E-state index in [1.54, 1.807) is 0 Å². The van der Waals surface area contributed by atoms with Gasteiger partial charge in [0.1, 0.15) is 12.4 Å². The first-order valence-corrected chi connectivity index (χ1v) is 10.1. The molecule has 24 heavy (non-hydrogen) atoms. The molecular formula is C21H32N2O. The summed E-state index contributed by atoms with van der Waals surface area (Å²) in [5.41, 5.74) is 1.49. The van der Waals surface area contributed by atoms with Crippen molar-refractivity contribution in [1.82, 2.24) is 9.80 Å². The maximum Gasteiger partial charge on any atom is 0.119 e. The molecule has 0 N–H and O–H groups in total. The maximum absolute atomic E-state index is 5.98. The fourth-order valence-electron chi connectivity index (χ4n) is 4.88. The van der Waals surface area contributed by atoms with Gasteiger partial charge >= 0.3 is 0 Å². The maximum atomic E-state index is 5.98. The molecule has 1 aromatic rings. The number of hydrogen-bond donors (Lipinski definition) is 0. The molecule has 0 aromatic heterocycles. The Bertz CT molecular complexity index is 509. The van der Waals surface area contributed by atoms with Crippen molar-refractivity contribution in [3.05, 3.63) is 29.8 Å². The molecule has 0 aliphatic carbocycles. The Morgan fingerprint density at radius 2 is 1.62 bits per heavy atom. The Kier molecular flexibility index (Phi) is 5.39. The minimum absolute atomic E-state index is 0.651. The van der Waals surface area contributed by atoms with Gasteiger partial charge in [0.15, 0.2) is 0 Å². The Morgan fingerprint density at radius 1 is 0.833 bits per heavy atom. The highest BCUT2D eigenvalue weighted by Crippen LogP contribution is 2.40. The molecule has 3 nitrogen and oxygen atoms in total. The number of nitrogens with zero attached hydrogens (tertiary/aromatic N) is 2. The fourth-order valence-corrected chi connectivity index (χ4v) is 4.88. The van der Waals surface area contributed by atoms with Crippen molar-refractivity contribution in [2.45, 2.75) is 63.5 Å². The standard InChI is InChI=1S/C21H32N2O/c1-3-13-22(14-4-1)16-17-24-20-10-7-18(8-11-20)21-12-9-19-6-2-5-15-23(19)21/h7-8,10-11,19,21H,1-6,9,12-17H2/t19-,21-/m1/s1. The van der Waals surface area contributed by atoms with E-state index in [0.29, 0.717) is 6.04 Å². The van der Waals surface area contributed by atoms with E-state index in [-0.39, 0.29) is 0 Å². The van der Waals surface area contributed by atoms with Crippen LogP contribution in [0.25, 0.3) is 0 Å². The number of ether oxygens (including phenoxy) is 1. The zero-order chi connectivity index (χ0) is 16.2. The third-order valence-corrected chi connectivity index (χ3v) is 6.24. The Hall–Kier alpha value is -1.06. The predicted molar refractivity (Wildman–Crippen MR) is 98.5 cm³/mol. The molecule has 3 fully saturated rings. The number of benzene rings is 1. The summed E-state index contributed by atoms with van der Waals surface area (Å²) in [6.07, 6.45) is 11.0. The second kappa shape index (κ2) is 7.88. The van der Waals surface area contributed by atoms with Gasteiger partial charge in [-0.3, -0.25) is 9.80 Å². The predicted octanol–water partition coefficient (Wildman–Crippen LogP) is 4.24. The van der Waals surface area contributed by atoms with Crippen molar-refractivity contribution in [3.8, 4) is 5.75 Å². The molecule has 0 spiro atoms. The topological polar surface area (TPSA) is 15.7 Å². The molecule has 3 aliphatic rings. The van der Waals surface area contributed by atoms with Crippen LogP contribution in [0.4, 0.5) is 0 Å².